The molecular formula is C12H18N2O2S. The van der Waals surface area contributed by atoms with Crippen LogP contribution in [0, 0.1) is 19.8 Å². The van der Waals surface area contributed by atoms with E-state index in [2.05, 4.69) is 10.3 Å². The van der Waals surface area contributed by atoms with E-state index in [9.17, 15) is 9.90 Å². The lowest BCUT2D eigenvalue weighted by Gasteiger charge is -2.13. The molecule has 0 aliphatic heterocycles. The van der Waals surface area contributed by atoms with Gasteiger partial charge in [-0.15, -0.1) is 11.3 Å². The number of rotatable bonds is 3. The number of thiazole rings is 1. The summed E-state index contributed by atoms with van der Waals surface area (Å²) in [6, 6.07) is 0. The van der Waals surface area contributed by atoms with Crippen molar-refractivity contribution >= 4 is 17.2 Å². The maximum Gasteiger partial charge on any atom is 0.226 e. The van der Waals surface area contributed by atoms with Gasteiger partial charge in [0.05, 0.1) is 29.3 Å². The Balaban J connectivity index is 1.90. The van der Waals surface area contributed by atoms with Gasteiger partial charge >= 0.3 is 0 Å². The van der Waals surface area contributed by atoms with E-state index in [0.717, 1.165) is 34.8 Å². The van der Waals surface area contributed by atoms with E-state index >= 15 is 0 Å². The van der Waals surface area contributed by atoms with Gasteiger partial charge in [0, 0.05) is 4.88 Å². The Kier molecular flexibility index (Phi) is 3.79. The monoisotopic (exact) mass is 254 g/mol. The first-order valence-electron chi connectivity index (χ1n) is 5.96. The van der Waals surface area contributed by atoms with Gasteiger partial charge in [-0.05, 0) is 33.1 Å². The molecule has 0 saturated heterocycles. The zero-order chi connectivity index (χ0) is 12.4. The third kappa shape index (κ3) is 2.84. The summed E-state index contributed by atoms with van der Waals surface area (Å²) in [5.74, 6) is -0.246. The van der Waals surface area contributed by atoms with Gasteiger partial charge in [-0.3, -0.25) is 4.79 Å². The lowest BCUT2D eigenvalue weighted by molar-refractivity contribution is -0.127. The van der Waals surface area contributed by atoms with Gasteiger partial charge in [-0.25, -0.2) is 4.98 Å². The quantitative estimate of drug-likeness (QED) is 0.860. The number of nitrogens with one attached hydrogen (secondary N) is 1. The molecule has 0 spiro atoms. The third-order valence-electron chi connectivity index (χ3n) is 3.24. The van der Waals surface area contributed by atoms with Gasteiger partial charge in [0.15, 0.2) is 0 Å². The first-order chi connectivity index (χ1) is 8.08. The summed E-state index contributed by atoms with van der Waals surface area (Å²) in [5, 5.41) is 13.6. The highest BCUT2D eigenvalue weighted by Gasteiger charge is 2.31. The van der Waals surface area contributed by atoms with E-state index in [1.54, 1.807) is 11.3 Å². The number of aryl methyl sites for hydroxylation is 2. The van der Waals surface area contributed by atoms with Crippen LogP contribution in [0.3, 0.4) is 0 Å². The fourth-order valence-electron chi connectivity index (χ4n) is 2.28. The molecule has 0 bridgehead atoms. The fourth-order valence-corrected chi connectivity index (χ4v) is 3.16. The second kappa shape index (κ2) is 5.14. The van der Waals surface area contributed by atoms with Crippen LogP contribution < -0.4 is 5.32 Å². The van der Waals surface area contributed by atoms with E-state index < -0.39 is 6.10 Å². The maximum absolute atomic E-state index is 11.9. The SMILES string of the molecule is Cc1nc(C)c(CNC(=O)C2CCCC2O)s1. The summed E-state index contributed by atoms with van der Waals surface area (Å²) in [5.41, 5.74) is 0.986. The third-order valence-corrected chi connectivity index (χ3v) is 4.31. The summed E-state index contributed by atoms with van der Waals surface area (Å²) in [6.45, 7) is 4.44. The van der Waals surface area contributed by atoms with Crippen molar-refractivity contribution < 1.29 is 9.90 Å². The normalized spacial score (nSPS) is 23.9. The number of aliphatic hydroxyl groups is 1. The molecule has 1 aromatic heterocycles. The summed E-state index contributed by atoms with van der Waals surface area (Å²) in [7, 11) is 0. The Bertz CT molecular complexity index is 417. The van der Waals surface area contributed by atoms with Crippen LogP contribution in [0.5, 0.6) is 0 Å². The molecule has 1 aromatic rings. The predicted octanol–water partition coefficient (Wildman–Crippen LogP) is 1.54. The molecule has 0 radical (unpaired) electrons. The van der Waals surface area contributed by atoms with Crippen LogP contribution in [0.4, 0.5) is 0 Å². The minimum absolute atomic E-state index is 0.0274. The maximum atomic E-state index is 11.9. The van der Waals surface area contributed by atoms with Crippen molar-refractivity contribution in [3.63, 3.8) is 0 Å². The molecule has 1 aliphatic carbocycles. The second-order valence-electron chi connectivity index (χ2n) is 4.56. The van der Waals surface area contributed by atoms with Crippen LogP contribution in [-0.4, -0.2) is 22.1 Å². The van der Waals surface area contributed by atoms with Crippen LogP contribution in [0.2, 0.25) is 0 Å². The van der Waals surface area contributed by atoms with E-state index in [1.807, 2.05) is 13.8 Å². The molecule has 94 valence electrons. The molecule has 2 N–H and O–H groups in total. The molecule has 1 aliphatic rings. The topological polar surface area (TPSA) is 62.2 Å². The van der Waals surface area contributed by atoms with Gasteiger partial charge in [0.2, 0.25) is 5.91 Å². The van der Waals surface area contributed by atoms with Gasteiger partial charge in [-0.1, -0.05) is 0 Å². The minimum atomic E-state index is -0.459. The molecule has 1 fully saturated rings. The first kappa shape index (κ1) is 12.5. The number of amides is 1. The van der Waals surface area contributed by atoms with Gasteiger partial charge < -0.3 is 10.4 Å². The van der Waals surface area contributed by atoms with Gasteiger partial charge in [0.1, 0.15) is 0 Å². The number of aliphatic hydroxyl groups excluding tert-OH is 1. The summed E-state index contributed by atoms with van der Waals surface area (Å²) >= 11 is 1.61. The molecule has 2 rings (SSSR count). The molecular weight excluding hydrogens is 236 g/mol. The molecule has 2 atom stereocenters. The van der Waals surface area contributed by atoms with Crippen LogP contribution >= 0.6 is 11.3 Å². The molecule has 2 unspecified atom stereocenters. The molecule has 17 heavy (non-hydrogen) atoms. The minimum Gasteiger partial charge on any atom is -0.392 e. The lowest BCUT2D eigenvalue weighted by Crippen LogP contribution is -2.34. The highest BCUT2D eigenvalue weighted by atomic mass is 32.1. The van der Waals surface area contributed by atoms with Crippen molar-refractivity contribution in [3.05, 3.63) is 15.6 Å². The van der Waals surface area contributed by atoms with E-state index in [4.69, 9.17) is 0 Å². The van der Waals surface area contributed by atoms with Crippen molar-refractivity contribution in [1.82, 2.24) is 10.3 Å². The highest BCUT2D eigenvalue weighted by Crippen LogP contribution is 2.26. The zero-order valence-corrected chi connectivity index (χ0v) is 11.0. The van der Waals surface area contributed by atoms with Crippen molar-refractivity contribution in [1.29, 1.82) is 0 Å². The number of hydrogen-bond donors (Lipinski definition) is 2. The number of nitrogens with zero attached hydrogens (tertiary/aromatic N) is 1. The van der Waals surface area contributed by atoms with E-state index in [1.165, 1.54) is 0 Å². The lowest BCUT2D eigenvalue weighted by atomic mass is 10.1. The number of hydrogen-bond acceptors (Lipinski definition) is 4. The average molecular weight is 254 g/mol. The molecule has 0 aromatic carbocycles. The standard InChI is InChI=1S/C12H18N2O2S/c1-7-11(17-8(2)14-7)6-13-12(16)9-4-3-5-10(9)15/h9-10,15H,3-6H2,1-2H3,(H,13,16). The van der Waals surface area contributed by atoms with Crippen LogP contribution in [0.15, 0.2) is 0 Å². The van der Waals surface area contributed by atoms with Crippen molar-refractivity contribution in [2.75, 3.05) is 0 Å². The Morgan fingerprint density at radius 1 is 1.53 bits per heavy atom. The Morgan fingerprint density at radius 2 is 2.29 bits per heavy atom. The average Bonchev–Trinajstić information content (AvgIpc) is 2.81. The highest BCUT2D eigenvalue weighted by molar-refractivity contribution is 7.11. The molecule has 1 heterocycles. The molecule has 1 saturated carbocycles. The van der Waals surface area contributed by atoms with Crippen LogP contribution in [-0.2, 0) is 11.3 Å². The number of carbonyl (C=O) groups is 1. The molecule has 1 amide bonds. The number of carbonyl (C=O) groups excluding carboxylic acids is 1. The van der Waals surface area contributed by atoms with Crippen LogP contribution in [0.25, 0.3) is 0 Å². The predicted molar refractivity (Wildman–Crippen MR) is 66.8 cm³/mol. The first-order valence-corrected chi connectivity index (χ1v) is 6.78. The molecule has 4 nitrogen and oxygen atoms in total. The van der Waals surface area contributed by atoms with Crippen molar-refractivity contribution in [2.24, 2.45) is 5.92 Å². The van der Waals surface area contributed by atoms with Crippen LogP contribution in [0.1, 0.15) is 34.8 Å². The Labute approximate surface area is 105 Å². The van der Waals surface area contributed by atoms with Crippen molar-refractivity contribution in [3.8, 4) is 0 Å². The van der Waals surface area contributed by atoms with Gasteiger partial charge in [-0.2, -0.15) is 0 Å². The fraction of sp³-hybridized carbons (Fsp3) is 0.667. The van der Waals surface area contributed by atoms with Gasteiger partial charge in [0.25, 0.3) is 0 Å². The Morgan fingerprint density at radius 3 is 2.82 bits per heavy atom. The molecule has 5 heteroatoms. The van der Waals surface area contributed by atoms with Crippen molar-refractivity contribution in [2.45, 2.75) is 45.8 Å². The summed E-state index contributed by atoms with van der Waals surface area (Å²) in [6.07, 6.45) is 2.03. The summed E-state index contributed by atoms with van der Waals surface area (Å²) < 4.78 is 0. The van der Waals surface area contributed by atoms with E-state index in [0.29, 0.717) is 6.54 Å². The summed E-state index contributed by atoms with van der Waals surface area (Å²) in [4.78, 5) is 17.3. The smallest absolute Gasteiger partial charge is 0.226 e. The Hall–Kier alpha value is -0.940. The largest absolute Gasteiger partial charge is 0.392 e. The number of aromatic nitrogens is 1. The van der Waals surface area contributed by atoms with E-state index in [-0.39, 0.29) is 11.8 Å². The second-order valence-corrected chi connectivity index (χ2v) is 5.85. The zero-order valence-electron chi connectivity index (χ0n) is 10.2.